The van der Waals surface area contributed by atoms with Crippen LogP contribution in [0.1, 0.15) is 41.4 Å². The molecule has 5 aromatic rings. The number of anilines is 4. The fourth-order valence-corrected chi connectivity index (χ4v) is 9.70. The molecule has 6 atom stereocenters. The number of furan rings is 1. The SMILES string of the molecule is O=C1[C@@H]2C[C@@H]3C(=CC[C@@H]4C(=O)N(c5ccc(Nc6ccccc6)cc5)C(=O)[C@@H]43)[C@H](c3ccc(CO)o3)[C@]2(c2ccc(Cl)cc2)C(=O)N1Nc1ncc(C(F)(F)F)cc1Cl. The van der Waals surface area contributed by atoms with Crippen LogP contribution in [0, 0.1) is 23.7 Å². The van der Waals surface area contributed by atoms with E-state index in [1.165, 1.54) is 4.90 Å². The second-order valence-electron chi connectivity index (χ2n) is 14.9. The van der Waals surface area contributed by atoms with Gasteiger partial charge in [-0.1, -0.05) is 65.2 Å². The Morgan fingerprint density at radius 3 is 2.24 bits per heavy atom. The van der Waals surface area contributed by atoms with Crippen LogP contribution in [0.5, 0.6) is 0 Å². The summed E-state index contributed by atoms with van der Waals surface area (Å²) in [5.74, 6) is -7.11. The molecule has 0 spiro atoms. The Morgan fingerprint density at radius 2 is 1.58 bits per heavy atom. The molecule has 3 N–H and O–H groups in total. The summed E-state index contributed by atoms with van der Waals surface area (Å²) in [7, 11) is 0. The maximum Gasteiger partial charge on any atom is 0.417 e. The number of hydrogen-bond acceptors (Lipinski definition) is 9. The van der Waals surface area contributed by atoms with Crippen molar-refractivity contribution in [2.24, 2.45) is 23.7 Å². The monoisotopic (exact) mass is 841 g/mol. The van der Waals surface area contributed by atoms with Gasteiger partial charge >= 0.3 is 6.18 Å². The summed E-state index contributed by atoms with van der Waals surface area (Å²) in [4.78, 5) is 64.0. The third kappa shape index (κ3) is 6.19. The molecular formula is C43H32Cl2F3N5O6. The van der Waals surface area contributed by atoms with Gasteiger partial charge in [-0.2, -0.15) is 18.2 Å². The van der Waals surface area contributed by atoms with Crippen molar-refractivity contribution in [3.8, 4) is 0 Å². The number of carbonyl (C=O) groups excluding carboxylic acids is 4. The zero-order valence-electron chi connectivity index (χ0n) is 30.6. The maximum atomic E-state index is 15.3. The number of aromatic nitrogens is 1. The average Bonchev–Trinajstić information content (AvgIpc) is 3.86. The van der Waals surface area contributed by atoms with Gasteiger partial charge in [0.15, 0.2) is 5.82 Å². The molecule has 59 heavy (non-hydrogen) atoms. The Morgan fingerprint density at radius 1 is 0.864 bits per heavy atom. The number of aliphatic hydroxyl groups excluding tert-OH is 1. The molecule has 9 rings (SSSR count). The van der Waals surface area contributed by atoms with Gasteiger partial charge in [0.2, 0.25) is 11.8 Å². The van der Waals surface area contributed by atoms with Gasteiger partial charge in [-0.25, -0.2) is 4.98 Å². The van der Waals surface area contributed by atoms with Gasteiger partial charge < -0.3 is 14.8 Å². The second kappa shape index (κ2) is 14.4. The molecule has 3 fully saturated rings. The van der Waals surface area contributed by atoms with Gasteiger partial charge in [-0.3, -0.25) is 29.5 Å². The lowest BCUT2D eigenvalue weighted by Crippen LogP contribution is -2.53. The highest BCUT2D eigenvalue weighted by atomic mass is 35.5. The number of nitrogens with zero attached hydrogens (tertiary/aromatic N) is 3. The minimum Gasteiger partial charge on any atom is -0.463 e. The predicted molar refractivity (Wildman–Crippen MR) is 210 cm³/mol. The zero-order chi connectivity index (χ0) is 41.4. The quantitative estimate of drug-likeness (QED) is 0.104. The lowest BCUT2D eigenvalue weighted by Gasteiger charge is -2.49. The molecule has 0 bridgehead atoms. The number of amides is 4. The first-order valence-corrected chi connectivity index (χ1v) is 19.4. The molecule has 1 saturated carbocycles. The molecule has 300 valence electrons. The molecule has 16 heteroatoms. The van der Waals surface area contributed by atoms with Crippen LogP contribution >= 0.6 is 23.2 Å². The first-order valence-electron chi connectivity index (χ1n) is 18.6. The van der Waals surface area contributed by atoms with Crippen molar-refractivity contribution in [2.75, 3.05) is 15.6 Å². The maximum absolute atomic E-state index is 15.3. The number of alkyl halides is 3. The summed E-state index contributed by atoms with van der Waals surface area (Å²) in [5.41, 5.74) is 2.63. The Kier molecular flexibility index (Phi) is 9.41. The molecule has 11 nitrogen and oxygen atoms in total. The number of nitrogens with one attached hydrogen (secondary N) is 2. The number of carbonyl (C=O) groups is 4. The first kappa shape index (κ1) is 38.6. The highest BCUT2D eigenvalue weighted by Crippen LogP contribution is 2.64. The number of allylic oxidation sites excluding steroid dienone is 2. The number of pyridine rings is 1. The first-order chi connectivity index (χ1) is 28.3. The fourth-order valence-electron chi connectivity index (χ4n) is 9.36. The van der Waals surface area contributed by atoms with Crippen molar-refractivity contribution >= 4 is 69.7 Å². The smallest absolute Gasteiger partial charge is 0.417 e. The Hall–Kier alpha value is -5.96. The molecule has 0 unspecified atom stereocenters. The van der Waals surface area contributed by atoms with Crippen molar-refractivity contribution in [3.63, 3.8) is 0 Å². The van der Waals surface area contributed by atoms with Gasteiger partial charge in [-0.05, 0) is 91.1 Å². The number of benzene rings is 3. The Labute approximate surface area is 344 Å². The van der Waals surface area contributed by atoms with E-state index >= 15 is 4.79 Å². The van der Waals surface area contributed by atoms with Crippen LogP contribution in [0.2, 0.25) is 10.0 Å². The topological polar surface area (TPSA) is 145 Å². The molecule has 4 aliphatic rings. The number of fused-ring (bicyclic) bond motifs is 4. The van der Waals surface area contributed by atoms with E-state index in [4.69, 9.17) is 27.6 Å². The summed E-state index contributed by atoms with van der Waals surface area (Å²) in [6.07, 6.45) is -2.31. The molecule has 2 aliphatic carbocycles. The van der Waals surface area contributed by atoms with E-state index in [0.29, 0.717) is 39.1 Å². The van der Waals surface area contributed by atoms with E-state index in [1.54, 1.807) is 60.7 Å². The standard InChI is InChI=1S/C43H32Cl2F3N5O6/c44-24-8-6-22(7-9-24)42-32(39(56)53(41(42)58)51-37-33(45)18-23(20-49-37)43(46,47)48)19-31-29(36(42)34-17-14-28(21-54)59-34)15-16-30-35(31)40(57)52(38(30)55)27-12-10-26(11-13-27)50-25-4-2-1-3-5-25/h1-15,17-18,20,30-32,35-36,50,54H,16,19,21H2,(H,49,51)/t30-,31+,32-,35-,36+,42+/m0/s1. The Bertz CT molecular complexity index is 2550. The van der Waals surface area contributed by atoms with Gasteiger partial charge in [0.25, 0.3) is 11.8 Å². The lowest BCUT2D eigenvalue weighted by molar-refractivity contribution is -0.139. The van der Waals surface area contributed by atoms with E-state index in [9.17, 15) is 32.7 Å². The summed E-state index contributed by atoms with van der Waals surface area (Å²) in [5, 5.41) is 13.9. The fraction of sp³-hybridized carbons (Fsp3) is 0.233. The largest absolute Gasteiger partial charge is 0.463 e. The summed E-state index contributed by atoms with van der Waals surface area (Å²) in [6.45, 7) is -0.475. The molecule has 3 aromatic carbocycles. The van der Waals surface area contributed by atoms with Gasteiger partial charge in [0, 0.05) is 22.6 Å². The average molecular weight is 843 g/mol. The third-order valence-electron chi connectivity index (χ3n) is 11.9. The summed E-state index contributed by atoms with van der Waals surface area (Å²) in [6, 6.07) is 26.5. The van der Waals surface area contributed by atoms with Crippen LogP contribution in [0.15, 0.2) is 119 Å². The molecule has 0 radical (unpaired) electrons. The molecule has 4 amide bonds. The minimum atomic E-state index is -4.76. The van der Waals surface area contributed by atoms with Crippen molar-refractivity contribution in [2.45, 2.75) is 37.0 Å². The Balaban J connectivity index is 1.14. The zero-order valence-corrected chi connectivity index (χ0v) is 32.1. The van der Waals surface area contributed by atoms with Gasteiger partial charge in [-0.15, -0.1) is 0 Å². The number of aliphatic hydroxyl groups is 1. The second-order valence-corrected chi connectivity index (χ2v) is 15.8. The van der Waals surface area contributed by atoms with E-state index in [-0.39, 0.29) is 30.2 Å². The lowest BCUT2D eigenvalue weighted by atomic mass is 9.50. The normalized spacial score (nSPS) is 25.1. The molecule has 2 aliphatic heterocycles. The van der Waals surface area contributed by atoms with Gasteiger partial charge in [0.05, 0.1) is 39.9 Å². The van der Waals surface area contributed by atoms with E-state index in [2.05, 4.69) is 15.7 Å². The van der Waals surface area contributed by atoms with Crippen LogP contribution in [-0.4, -0.2) is 38.7 Å². The van der Waals surface area contributed by atoms with Crippen molar-refractivity contribution in [1.82, 2.24) is 9.99 Å². The number of hydrogen-bond donors (Lipinski definition) is 3. The molecule has 4 heterocycles. The van der Waals surface area contributed by atoms with Crippen molar-refractivity contribution in [3.05, 3.63) is 148 Å². The van der Waals surface area contributed by atoms with E-state index in [0.717, 1.165) is 11.4 Å². The van der Waals surface area contributed by atoms with Crippen molar-refractivity contribution < 1.29 is 41.9 Å². The highest BCUT2D eigenvalue weighted by Gasteiger charge is 2.71. The summed E-state index contributed by atoms with van der Waals surface area (Å²) >= 11 is 12.6. The van der Waals surface area contributed by atoms with E-state index in [1.807, 2.05) is 36.4 Å². The number of hydrazine groups is 1. The van der Waals surface area contributed by atoms with Crippen molar-refractivity contribution in [1.29, 1.82) is 0 Å². The molecular weight excluding hydrogens is 810 g/mol. The highest BCUT2D eigenvalue weighted by molar-refractivity contribution is 6.33. The van der Waals surface area contributed by atoms with Gasteiger partial charge in [0.1, 0.15) is 23.5 Å². The van der Waals surface area contributed by atoms with Crippen LogP contribution in [0.25, 0.3) is 0 Å². The minimum absolute atomic E-state index is 0.0661. The number of halogens is 5. The third-order valence-corrected chi connectivity index (χ3v) is 12.4. The van der Waals surface area contributed by atoms with Crippen LogP contribution < -0.4 is 15.6 Å². The van der Waals surface area contributed by atoms with Crippen LogP contribution in [0.4, 0.5) is 36.1 Å². The predicted octanol–water partition coefficient (Wildman–Crippen LogP) is 8.43. The molecule has 2 aromatic heterocycles. The number of para-hydroxylation sites is 1. The number of imide groups is 2. The van der Waals surface area contributed by atoms with Crippen LogP contribution in [-0.2, 0) is 37.4 Å². The van der Waals surface area contributed by atoms with E-state index < -0.39 is 82.0 Å². The van der Waals surface area contributed by atoms with Crippen LogP contribution in [0.3, 0.4) is 0 Å². The molecule has 2 saturated heterocycles. The summed E-state index contributed by atoms with van der Waals surface area (Å²) < 4.78 is 46.7. The number of rotatable bonds is 8.